The first-order chi connectivity index (χ1) is 18.4. The molecule has 0 amide bonds. The number of alkyl halides is 1. The third kappa shape index (κ3) is 4.44. The number of Topliss-reactive ketones (excluding diaryl/α,β-unsaturated/α-hetero) is 1. The molecule has 1 saturated heterocycles. The molecule has 1 fully saturated rings. The van der Waals surface area contributed by atoms with E-state index in [1.807, 2.05) is 0 Å². The number of nitrogens with two attached hydrogens (primary N) is 1. The van der Waals surface area contributed by atoms with Gasteiger partial charge in [-0.05, 0) is 13.0 Å². The second-order valence-corrected chi connectivity index (χ2v) is 10.1. The lowest BCUT2D eigenvalue weighted by Crippen LogP contribution is -3.00. The van der Waals surface area contributed by atoms with Crippen molar-refractivity contribution < 1.29 is 65.8 Å². The average molecular weight is 581 g/mol. The Hall–Kier alpha value is -3.13. The van der Waals surface area contributed by atoms with Gasteiger partial charge in [0, 0.05) is 42.0 Å². The molecule has 216 valence electrons. The molecule has 1 heterocycles. The van der Waals surface area contributed by atoms with E-state index in [4.69, 9.17) is 19.9 Å². The number of aromatic hydroxyl groups is 2. The molecule has 5 rings (SSSR count). The summed E-state index contributed by atoms with van der Waals surface area (Å²) >= 11 is 0. The number of rotatable bonds is 5. The van der Waals surface area contributed by atoms with Crippen LogP contribution in [0.5, 0.6) is 17.2 Å². The largest absolute Gasteiger partial charge is 1.00 e. The summed E-state index contributed by atoms with van der Waals surface area (Å²) in [7, 11) is 1.31. The summed E-state index contributed by atoms with van der Waals surface area (Å²) < 4.78 is 31.0. The maximum Gasteiger partial charge on any atom is 0.202 e. The first kappa shape index (κ1) is 29.8. The van der Waals surface area contributed by atoms with Crippen molar-refractivity contribution in [3.05, 3.63) is 51.6 Å². The number of ether oxygens (including phenoxy) is 3. The number of hydrogen-bond acceptors (Lipinski definition) is 11. The van der Waals surface area contributed by atoms with Crippen LogP contribution in [-0.2, 0) is 20.7 Å². The number of hydrogen-bond donors (Lipinski definition) is 5. The highest BCUT2D eigenvalue weighted by molar-refractivity contribution is 6.31. The Balaban J connectivity index is 0.00000370. The van der Waals surface area contributed by atoms with Crippen molar-refractivity contribution in [3.63, 3.8) is 0 Å². The topological polar surface area (TPSA) is 186 Å². The standard InChI is InChI=1S/C27H28FNO10.ClH/c1-10-22(28)13(29)6-17(38-10)39-15-8-27(36,16(31)9-30)7-12-19(15)26(35)21-20(24(12)33)23(32)11-4-3-5-14(37-2)18(11)25(21)34;/h3-5,10,13,15,17,22,30,33,35-36H,6-9,29H2,1-2H3;1H/p-1/t10-,13-,15?,17?,22+,27+;/m1./s1. The minimum Gasteiger partial charge on any atom is -1.00 e. The molecule has 11 nitrogen and oxygen atoms in total. The van der Waals surface area contributed by atoms with E-state index in [-0.39, 0.29) is 46.8 Å². The summed E-state index contributed by atoms with van der Waals surface area (Å²) in [4.78, 5) is 39.7. The molecule has 0 spiro atoms. The molecule has 2 unspecified atom stereocenters. The SMILES string of the molecule is COc1cccc2c1C(=O)c1c(O)c3c(c(O)c1C2=O)C[C@@](O)(C(=O)CO)CC3OC1C[C@@H](N)[C@@H](F)[C@@H](C)O1.[Cl-]. The van der Waals surface area contributed by atoms with E-state index < -0.39 is 95.7 Å². The number of aliphatic hydroxyl groups excluding tert-OH is 1. The number of benzene rings is 2. The first-order valence-corrected chi connectivity index (χ1v) is 12.4. The summed E-state index contributed by atoms with van der Waals surface area (Å²) in [5.74, 6) is -3.88. The van der Waals surface area contributed by atoms with Crippen LogP contribution in [-0.4, -0.2) is 81.7 Å². The van der Waals surface area contributed by atoms with E-state index in [0.29, 0.717) is 0 Å². The maximum absolute atomic E-state index is 14.2. The van der Waals surface area contributed by atoms with Crippen LogP contribution < -0.4 is 22.9 Å². The predicted octanol–water partition coefficient (Wildman–Crippen LogP) is -2.02. The number of methoxy groups -OCH3 is 1. The van der Waals surface area contributed by atoms with Crippen molar-refractivity contribution in [3.8, 4) is 17.2 Å². The van der Waals surface area contributed by atoms with Crippen molar-refractivity contribution >= 4 is 17.3 Å². The summed E-state index contributed by atoms with van der Waals surface area (Å²) in [6.45, 7) is 0.418. The Labute approximate surface area is 234 Å². The summed E-state index contributed by atoms with van der Waals surface area (Å²) in [6, 6.07) is 3.38. The Morgan fingerprint density at radius 2 is 1.85 bits per heavy atom. The van der Waals surface area contributed by atoms with Crippen LogP contribution in [0.4, 0.5) is 4.39 Å². The zero-order chi connectivity index (χ0) is 28.4. The number of carbonyl (C=O) groups excluding carboxylic acids is 3. The molecule has 13 heteroatoms. The number of phenols is 2. The Kier molecular flexibility index (Phi) is 7.98. The monoisotopic (exact) mass is 580 g/mol. The van der Waals surface area contributed by atoms with E-state index in [1.54, 1.807) is 0 Å². The van der Waals surface area contributed by atoms with Gasteiger partial charge >= 0.3 is 0 Å². The van der Waals surface area contributed by atoms with Crippen LogP contribution in [0.3, 0.4) is 0 Å². The van der Waals surface area contributed by atoms with E-state index in [2.05, 4.69) is 0 Å². The minimum absolute atomic E-state index is 0. The van der Waals surface area contributed by atoms with Crippen molar-refractivity contribution in [2.24, 2.45) is 5.73 Å². The lowest BCUT2D eigenvalue weighted by Gasteiger charge is -2.41. The van der Waals surface area contributed by atoms with Gasteiger partial charge in [-0.15, -0.1) is 0 Å². The van der Waals surface area contributed by atoms with Crippen molar-refractivity contribution in [1.29, 1.82) is 0 Å². The smallest absolute Gasteiger partial charge is 0.202 e. The second kappa shape index (κ2) is 10.7. The highest BCUT2D eigenvalue weighted by atomic mass is 35.5. The third-order valence-electron chi connectivity index (χ3n) is 7.74. The van der Waals surface area contributed by atoms with E-state index in [1.165, 1.54) is 32.2 Å². The highest BCUT2D eigenvalue weighted by Gasteiger charge is 2.50. The lowest BCUT2D eigenvalue weighted by molar-refractivity contribution is -0.239. The van der Waals surface area contributed by atoms with Gasteiger partial charge in [0.1, 0.15) is 35.6 Å². The third-order valence-corrected chi connectivity index (χ3v) is 7.74. The summed E-state index contributed by atoms with van der Waals surface area (Å²) in [5.41, 5.74) is 2.11. The van der Waals surface area contributed by atoms with Gasteiger partial charge in [0.25, 0.3) is 0 Å². The van der Waals surface area contributed by atoms with Gasteiger partial charge in [0.2, 0.25) is 5.78 Å². The zero-order valence-corrected chi connectivity index (χ0v) is 22.3. The number of halogens is 2. The molecule has 40 heavy (non-hydrogen) atoms. The molecular formula is C27H28ClFNO10-. The molecule has 2 aromatic rings. The van der Waals surface area contributed by atoms with Gasteiger partial charge in [-0.25, -0.2) is 4.39 Å². The fraction of sp³-hybridized carbons (Fsp3) is 0.444. The van der Waals surface area contributed by atoms with Crippen LogP contribution in [0.25, 0.3) is 0 Å². The number of carbonyl (C=O) groups is 3. The van der Waals surface area contributed by atoms with Crippen molar-refractivity contribution in [2.75, 3.05) is 13.7 Å². The molecule has 1 aliphatic heterocycles. The summed E-state index contributed by atoms with van der Waals surface area (Å²) in [5, 5.41) is 43.5. The molecule has 6 atom stereocenters. The Morgan fingerprint density at radius 1 is 1.18 bits per heavy atom. The van der Waals surface area contributed by atoms with Crippen molar-refractivity contribution in [1.82, 2.24) is 0 Å². The molecule has 0 aromatic heterocycles. The molecule has 0 saturated carbocycles. The molecule has 2 aromatic carbocycles. The van der Waals surface area contributed by atoms with Gasteiger partial charge in [-0.3, -0.25) is 14.4 Å². The van der Waals surface area contributed by atoms with Gasteiger partial charge < -0.3 is 52.8 Å². The van der Waals surface area contributed by atoms with Gasteiger partial charge in [0.15, 0.2) is 17.9 Å². The minimum atomic E-state index is -2.27. The highest BCUT2D eigenvalue weighted by Crippen LogP contribution is 2.52. The van der Waals surface area contributed by atoms with E-state index >= 15 is 0 Å². The zero-order valence-electron chi connectivity index (χ0n) is 21.5. The number of phenolic OH excluding ortho intramolecular Hbond substituents is 2. The van der Waals surface area contributed by atoms with Gasteiger partial charge in [0.05, 0.1) is 36.0 Å². The van der Waals surface area contributed by atoms with Gasteiger partial charge in [-0.1, -0.05) is 12.1 Å². The fourth-order valence-electron chi connectivity index (χ4n) is 5.74. The number of aliphatic hydroxyl groups is 2. The summed E-state index contributed by atoms with van der Waals surface area (Å²) in [6.07, 6.45) is -6.14. The molecular weight excluding hydrogens is 553 g/mol. The molecule has 3 aliphatic rings. The van der Waals surface area contributed by atoms with Crippen LogP contribution >= 0.6 is 0 Å². The number of fused-ring (bicyclic) bond motifs is 3. The van der Waals surface area contributed by atoms with E-state index in [0.717, 1.165) is 0 Å². The van der Waals surface area contributed by atoms with Crippen LogP contribution in [0.15, 0.2) is 18.2 Å². The quantitative estimate of drug-likeness (QED) is 0.210. The Bertz CT molecular complexity index is 1390. The lowest BCUT2D eigenvalue weighted by atomic mass is 9.72. The van der Waals surface area contributed by atoms with Gasteiger partial charge in [-0.2, -0.15) is 0 Å². The predicted molar refractivity (Wildman–Crippen MR) is 131 cm³/mol. The second-order valence-electron chi connectivity index (χ2n) is 10.1. The molecule has 6 N–H and O–H groups in total. The first-order valence-electron chi connectivity index (χ1n) is 12.4. The van der Waals surface area contributed by atoms with Crippen LogP contribution in [0.2, 0.25) is 0 Å². The Morgan fingerprint density at radius 3 is 2.48 bits per heavy atom. The molecule has 0 radical (unpaired) electrons. The molecule has 2 aliphatic carbocycles. The van der Waals surface area contributed by atoms with Crippen LogP contribution in [0.1, 0.15) is 68.8 Å². The maximum atomic E-state index is 14.2. The van der Waals surface area contributed by atoms with Crippen molar-refractivity contribution in [2.45, 2.75) is 62.5 Å². The fourth-order valence-corrected chi connectivity index (χ4v) is 5.74. The van der Waals surface area contributed by atoms with E-state index in [9.17, 15) is 39.2 Å². The number of ketones is 3. The normalized spacial score (nSPS) is 29.1. The average Bonchev–Trinajstić information content (AvgIpc) is 2.90. The molecule has 0 bridgehead atoms. The van der Waals surface area contributed by atoms with Crippen LogP contribution in [0, 0.1) is 0 Å².